The van der Waals surface area contributed by atoms with E-state index in [2.05, 4.69) is 9.97 Å². The molecule has 0 fully saturated rings. The number of rotatable bonds is 3. The molecule has 1 aromatic heterocycles. The molecule has 76 valence electrons. The van der Waals surface area contributed by atoms with Crippen LogP contribution < -0.4 is 4.74 Å². The van der Waals surface area contributed by atoms with Gasteiger partial charge in [0, 0.05) is 0 Å². The van der Waals surface area contributed by atoms with Crippen molar-refractivity contribution in [1.29, 1.82) is 0 Å². The van der Waals surface area contributed by atoms with E-state index in [4.69, 9.17) is 16.3 Å². The van der Waals surface area contributed by atoms with Crippen LogP contribution in [0.3, 0.4) is 0 Å². The molecule has 0 atom stereocenters. The summed E-state index contributed by atoms with van der Waals surface area (Å²) in [6.07, 6.45) is 3.11. The second-order valence-corrected chi connectivity index (χ2v) is 3.32. The van der Waals surface area contributed by atoms with Gasteiger partial charge in [0.25, 0.3) is 0 Å². The fraction of sp³-hybridized carbons (Fsp3) is 0.0909. The van der Waals surface area contributed by atoms with Crippen LogP contribution in [0, 0.1) is 0 Å². The highest BCUT2D eigenvalue weighted by Crippen LogP contribution is 2.10. The van der Waals surface area contributed by atoms with Gasteiger partial charge in [-0.3, -0.25) is 4.98 Å². The van der Waals surface area contributed by atoms with Crippen molar-refractivity contribution in [2.75, 3.05) is 0 Å². The minimum atomic E-state index is 0.387. The maximum absolute atomic E-state index is 5.61. The molecule has 0 N–H and O–H groups in total. The average molecular weight is 221 g/mol. The Hall–Kier alpha value is -1.61. The smallest absolute Gasteiger partial charge is 0.147 e. The number of ether oxygens (including phenoxy) is 1. The van der Waals surface area contributed by atoms with Crippen LogP contribution in [0.4, 0.5) is 0 Å². The van der Waals surface area contributed by atoms with E-state index >= 15 is 0 Å². The Morgan fingerprint density at radius 2 is 1.87 bits per heavy atom. The molecule has 3 nitrogen and oxygen atoms in total. The largest absolute Gasteiger partial charge is 0.487 e. The Bertz CT molecular complexity index is 416. The second-order valence-electron chi connectivity index (χ2n) is 2.93. The number of benzene rings is 1. The first-order valence-electron chi connectivity index (χ1n) is 4.49. The highest BCUT2D eigenvalue weighted by molar-refractivity contribution is 6.29. The molecule has 2 rings (SSSR count). The van der Waals surface area contributed by atoms with Crippen molar-refractivity contribution < 1.29 is 4.74 Å². The van der Waals surface area contributed by atoms with Crippen LogP contribution in [0.1, 0.15) is 5.69 Å². The third kappa shape index (κ3) is 2.92. The zero-order chi connectivity index (χ0) is 10.5. The van der Waals surface area contributed by atoms with Gasteiger partial charge in [-0.2, -0.15) is 0 Å². The lowest BCUT2D eigenvalue weighted by molar-refractivity contribution is 0.301. The third-order valence-corrected chi connectivity index (χ3v) is 2.00. The Morgan fingerprint density at radius 1 is 1.07 bits per heavy atom. The Balaban J connectivity index is 1.96. The predicted molar refractivity (Wildman–Crippen MR) is 57.8 cm³/mol. The van der Waals surface area contributed by atoms with Gasteiger partial charge in [0.05, 0.1) is 18.1 Å². The maximum atomic E-state index is 5.61. The van der Waals surface area contributed by atoms with Gasteiger partial charge in [-0.25, -0.2) is 4.98 Å². The third-order valence-electron chi connectivity index (χ3n) is 1.80. The van der Waals surface area contributed by atoms with Crippen LogP contribution in [0.2, 0.25) is 5.15 Å². The van der Waals surface area contributed by atoms with Crippen LogP contribution in [0.25, 0.3) is 0 Å². The molecule has 2 aromatic rings. The molecule has 0 aliphatic heterocycles. The Morgan fingerprint density at radius 3 is 2.53 bits per heavy atom. The molecule has 0 saturated carbocycles. The number of hydrogen-bond acceptors (Lipinski definition) is 3. The summed E-state index contributed by atoms with van der Waals surface area (Å²) in [7, 11) is 0. The SMILES string of the molecule is Clc1cnc(COc2ccccc2)cn1. The number of halogens is 1. The predicted octanol–water partition coefficient (Wildman–Crippen LogP) is 2.71. The molecule has 1 heterocycles. The van der Waals surface area contributed by atoms with Gasteiger partial charge in [-0.1, -0.05) is 29.8 Å². The minimum Gasteiger partial charge on any atom is -0.487 e. The van der Waals surface area contributed by atoms with Gasteiger partial charge in [-0.05, 0) is 12.1 Å². The summed E-state index contributed by atoms with van der Waals surface area (Å²) in [5, 5.41) is 0.387. The number of nitrogens with zero attached hydrogens (tertiary/aromatic N) is 2. The van der Waals surface area contributed by atoms with E-state index in [-0.39, 0.29) is 0 Å². The molecule has 0 bridgehead atoms. The van der Waals surface area contributed by atoms with E-state index in [0.717, 1.165) is 11.4 Å². The van der Waals surface area contributed by atoms with Gasteiger partial charge in [0.15, 0.2) is 0 Å². The van der Waals surface area contributed by atoms with Crippen molar-refractivity contribution in [2.45, 2.75) is 6.61 Å². The van der Waals surface area contributed by atoms with Crippen LogP contribution in [-0.4, -0.2) is 9.97 Å². The number of para-hydroxylation sites is 1. The monoisotopic (exact) mass is 220 g/mol. The minimum absolute atomic E-state index is 0.387. The lowest BCUT2D eigenvalue weighted by atomic mass is 10.3. The molecule has 15 heavy (non-hydrogen) atoms. The highest BCUT2D eigenvalue weighted by Gasteiger charge is 1.97. The van der Waals surface area contributed by atoms with E-state index in [1.807, 2.05) is 30.3 Å². The van der Waals surface area contributed by atoms with Gasteiger partial charge in [-0.15, -0.1) is 0 Å². The molecule has 0 unspecified atom stereocenters. The normalized spacial score (nSPS) is 9.93. The molecule has 0 aliphatic carbocycles. The molecule has 4 heteroatoms. The summed E-state index contributed by atoms with van der Waals surface area (Å²) in [5.41, 5.74) is 0.753. The fourth-order valence-electron chi connectivity index (χ4n) is 1.09. The van der Waals surface area contributed by atoms with Crippen molar-refractivity contribution >= 4 is 11.6 Å². The molecule has 0 radical (unpaired) electrons. The van der Waals surface area contributed by atoms with Crippen LogP contribution in [0.5, 0.6) is 5.75 Å². The first-order valence-corrected chi connectivity index (χ1v) is 4.86. The summed E-state index contributed by atoms with van der Waals surface area (Å²) in [6, 6.07) is 9.56. The first kappa shape index (κ1) is 9.93. The molecular weight excluding hydrogens is 212 g/mol. The Labute approximate surface area is 92.7 Å². The summed E-state index contributed by atoms with van der Waals surface area (Å²) < 4.78 is 5.49. The fourth-order valence-corrected chi connectivity index (χ4v) is 1.19. The van der Waals surface area contributed by atoms with Gasteiger partial charge < -0.3 is 4.74 Å². The van der Waals surface area contributed by atoms with E-state index in [1.165, 1.54) is 6.20 Å². The molecule has 0 amide bonds. The quantitative estimate of drug-likeness (QED) is 0.798. The number of hydrogen-bond donors (Lipinski definition) is 0. The molecule has 0 spiro atoms. The van der Waals surface area contributed by atoms with E-state index < -0.39 is 0 Å². The maximum Gasteiger partial charge on any atom is 0.147 e. The van der Waals surface area contributed by atoms with Gasteiger partial charge in [0.2, 0.25) is 0 Å². The number of aromatic nitrogens is 2. The van der Waals surface area contributed by atoms with Gasteiger partial charge in [0.1, 0.15) is 17.5 Å². The molecular formula is C11H9ClN2O. The summed E-state index contributed by atoms with van der Waals surface area (Å²) >= 11 is 5.61. The van der Waals surface area contributed by atoms with Crippen molar-refractivity contribution in [2.24, 2.45) is 0 Å². The van der Waals surface area contributed by atoms with Crippen LogP contribution in [0.15, 0.2) is 42.7 Å². The zero-order valence-corrected chi connectivity index (χ0v) is 8.69. The molecule has 1 aromatic carbocycles. The standard InChI is InChI=1S/C11H9ClN2O/c12-11-7-13-9(6-14-11)8-15-10-4-2-1-3-5-10/h1-7H,8H2. The van der Waals surface area contributed by atoms with E-state index in [0.29, 0.717) is 11.8 Å². The zero-order valence-electron chi connectivity index (χ0n) is 7.93. The Kier molecular flexibility index (Phi) is 3.15. The topological polar surface area (TPSA) is 35.0 Å². The lowest BCUT2D eigenvalue weighted by Gasteiger charge is -2.04. The van der Waals surface area contributed by atoms with Crippen LogP contribution in [-0.2, 0) is 6.61 Å². The second kappa shape index (κ2) is 4.75. The molecule has 0 saturated heterocycles. The lowest BCUT2D eigenvalue weighted by Crippen LogP contribution is -1.98. The molecule has 0 aliphatic rings. The van der Waals surface area contributed by atoms with E-state index in [1.54, 1.807) is 6.20 Å². The van der Waals surface area contributed by atoms with E-state index in [9.17, 15) is 0 Å². The summed E-state index contributed by atoms with van der Waals surface area (Å²) in [6.45, 7) is 0.397. The highest BCUT2D eigenvalue weighted by atomic mass is 35.5. The average Bonchev–Trinajstić information content (AvgIpc) is 2.30. The van der Waals surface area contributed by atoms with Gasteiger partial charge >= 0.3 is 0 Å². The van der Waals surface area contributed by atoms with Crippen molar-refractivity contribution in [3.05, 3.63) is 53.6 Å². The summed E-state index contributed by atoms with van der Waals surface area (Å²) in [4.78, 5) is 7.99. The first-order chi connectivity index (χ1) is 7.34. The summed E-state index contributed by atoms with van der Waals surface area (Å²) in [5.74, 6) is 0.814. The van der Waals surface area contributed by atoms with Crippen molar-refractivity contribution in [1.82, 2.24) is 9.97 Å². The van der Waals surface area contributed by atoms with Crippen LogP contribution >= 0.6 is 11.6 Å². The van der Waals surface area contributed by atoms with Crippen molar-refractivity contribution in [3.8, 4) is 5.75 Å². The van der Waals surface area contributed by atoms with Crippen molar-refractivity contribution in [3.63, 3.8) is 0 Å².